The van der Waals surface area contributed by atoms with Crippen molar-refractivity contribution in [2.24, 2.45) is 5.73 Å². The van der Waals surface area contributed by atoms with Crippen LogP contribution in [0, 0.1) is 0 Å². The molecule has 1 aliphatic heterocycles. The van der Waals surface area contributed by atoms with E-state index in [9.17, 15) is 0 Å². The lowest BCUT2D eigenvalue weighted by Gasteiger charge is -2.37. The van der Waals surface area contributed by atoms with Gasteiger partial charge in [-0.25, -0.2) is 0 Å². The van der Waals surface area contributed by atoms with Gasteiger partial charge in [0.1, 0.15) is 0 Å². The monoisotopic (exact) mass is 284 g/mol. The van der Waals surface area contributed by atoms with Crippen molar-refractivity contribution < 1.29 is 4.74 Å². The Morgan fingerprint density at radius 2 is 2.10 bits per heavy atom. The van der Waals surface area contributed by atoms with E-state index in [0.29, 0.717) is 19.0 Å². The zero-order valence-electron chi connectivity index (χ0n) is 12.2. The number of nitrogens with two attached hydrogens (primary N) is 1. The summed E-state index contributed by atoms with van der Waals surface area (Å²) in [6.45, 7) is 3.92. The van der Waals surface area contributed by atoms with Gasteiger partial charge in [0, 0.05) is 19.1 Å². The van der Waals surface area contributed by atoms with Crippen molar-refractivity contribution in [2.75, 3.05) is 18.1 Å². The fourth-order valence-electron chi connectivity index (χ4n) is 2.76. The van der Waals surface area contributed by atoms with Gasteiger partial charge in [-0.1, -0.05) is 24.3 Å². The van der Waals surface area contributed by atoms with Crippen LogP contribution in [0.15, 0.2) is 36.7 Å². The lowest BCUT2D eigenvalue weighted by atomic mass is 9.94. The summed E-state index contributed by atoms with van der Waals surface area (Å²) in [6.07, 6.45) is 4.36. The number of anilines is 1. The number of hydrogen-bond acceptors (Lipinski definition) is 5. The molecule has 5 heteroatoms. The second kappa shape index (κ2) is 6.10. The van der Waals surface area contributed by atoms with Crippen molar-refractivity contribution in [1.29, 1.82) is 0 Å². The van der Waals surface area contributed by atoms with Crippen LogP contribution in [0.4, 0.5) is 5.82 Å². The first-order valence-electron chi connectivity index (χ1n) is 7.30. The van der Waals surface area contributed by atoms with Crippen LogP contribution in [-0.4, -0.2) is 29.2 Å². The average molecular weight is 284 g/mol. The quantitative estimate of drug-likeness (QED) is 0.927. The Morgan fingerprint density at radius 3 is 2.86 bits per heavy atom. The Labute approximate surface area is 124 Å². The minimum Gasteiger partial charge on any atom is -0.477 e. The maximum absolute atomic E-state index is 5.96. The summed E-state index contributed by atoms with van der Waals surface area (Å²) in [6, 6.07) is 8.73. The standard InChI is InChI=1S/C16H20N4O/c1-2-21-16-10-18-9-15(19-16)20-11-13-6-4-3-5-12(13)7-14(20)8-17/h3-6,9-10,14H,2,7-8,11,17H2,1H3. The van der Waals surface area contributed by atoms with Crippen molar-refractivity contribution in [3.05, 3.63) is 47.8 Å². The van der Waals surface area contributed by atoms with Gasteiger partial charge in [0.15, 0.2) is 5.82 Å². The van der Waals surface area contributed by atoms with Gasteiger partial charge in [-0.2, -0.15) is 4.98 Å². The summed E-state index contributed by atoms with van der Waals surface area (Å²) in [4.78, 5) is 11.0. The normalized spacial score (nSPS) is 17.4. The first kappa shape index (κ1) is 13.8. The molecule has 0 saturated carbocycles. The third-order valence-electron chi connectivity index (χ3n) is 3.81. The van der Waals surface area contributed by atoms with Crippen molar-refractivity contribution >= 4 is 5.82 Å². The van der Waals surface area contributed by atoms with Crippen LogP contribution in [0.25, 0.3) is 0 Å². The molecule has 1 aromatic heterocycles. The zero-order chi connectivity index (χ0) is 14.7. The highest BCUT2D eigenvalue weighted by atomic mass is 16.5. The van der Waals surface area contributed by atoms with Crippen LogP contribution in [0.1, 0.15) is 18.1 Å². The van der Waals surface area contributed by atoms with Gasteiger partial charge in [-0.3, -0.25) is 4.98 Å². The van der Waals surface area contributed by atoms with Gasteiger partial charge in [-0.15, -0.1) is 0 Å². The van der Waals surface area contributed by atoms with E-state index in [1.807, 2.05) is 6.92 Å². The Morgan fingerprint density at radius 1 is 1.29 bits per heavy atom. The van der Waals surface area contributed by atoms with Crippen LogP contribution in [0.5, 0.6) is 5.88 Å². The van der Waals surface area contributed by atoms with Crippen molar-refractivity contribution in [3.63, 3.8) is 0 Å². The summed E-state index contributed by atoms with van der Waals surface area (Å²) in [5.41, 5.74) is 8.66. The maximum atomic E-state index is 5.96. The largest absolute Gasteiger partial charge is 0.477 e. The molecule has 0 amide bonds. The smallest absolute Gasteiger partial charge is 0.234 e. The summed E-state index contributed by atoms with van der Waals surface area (Å²) < 4.78 is 5.44. The van der Waals surface area contributed by atoms with Gasteiger partial charge < -0.3 is 15.4 Å². The van der Waals surface area contributed by atoms with E-state index < -0.39 is 0 Å². The fraction of sp³-hybridized carbons (Fsp3) is 0.375. The molecule has 110 valence electrons. The van der Waals surface area contributed by atoms with Gasteiger partial charge in [0.05, 0.1) is 19.0 Å². The molecule has 1 aromatic carbocycles. The summed E-state index contributed by atoms with van der Waals surface area (Å²) in [5.74, 6) is 1.38. The highest BCUT2D eigenvalue weighted by Gasteiger charge is 2.26. The van der Waals surface area contributed by atoms with Crippen molar-refractivity contribution in [3.8, 4) is 5.88 Å². The third-order valence-corrected chi connectivity index (χ3v) is 3.81. The van der Waals surface area contributed by atoms with Crippen LogP contribution in [0.3, 0.4) is 0 Å². The Bertz CT molecular complexity index is 617. The molecule has 3 rings (SSSR count). The molecule has 0 bridgehead atoms. The van der Waals surface area contributed by atoms with Crippen LogP contribution < -0.4 is 15.4 Å². The zero-order valence-corrected chi connectivity index (χ0v) is 12.2. The molecule has 2 heterocycles. The Balaban J connectivity index is 1.92. The Kier molecular flexibility index (Phi) is 4.01. The second-order valence-corrected chi connectivity index (χ2v) is 5.14. The van der Waals surface area contributed by atoms with E-state index in [1.54, 1.807) is 12.4 Å². The van der Waals surface area contributed by atoms with E-state index in [4.69, 9.17) is 10.5 Å². The molecule has 0 saturated heterocycles. The SMILES string of the molecule is CCOc1cncc(N2Cc3ccccc3CC2CN)n1. The average Bonchev–Trinajstić information content (AvgIpc) is 2.54. The molecular formula is C16H20N4O. The highest BCUT2D eigenvalue weighted by molar-refractivity contribution is 5.45. The third kappa shape index (κ3) is 2.83. The minimum atomic E-state index is 0.242. The van der Waals surface area contributed by atoms with E-state index in [2.05, 4.69) is 39.1 Å². The molecule has 0 aliphatic carbocycles. The molecule has 5 nitrogen and oxygen atoms in total. The molecule has 0 fully saturated rings. The van der Waals surface area contributed by atoms with Gasteiger partial charge in [0.2, 0.25) is 5.88 Å². The number of fused-ring (bicyclic) bond motifs is 1. The lowest BCUT2D eigenvalue weighted by Crippen LogP contribution is -2.45. The Hall–Kier alpha value is -2.14. The van der Waals surface area contributed by atoms with E-state index in [0.717, 1.165) is 18.8 Å². The lowest BCUT2D eigenvalue weighted by molar-refractivity contribution is 0.325. The van der Waals surface area contributed by atoms with E-state index >= 15 is 0 Å². The number of nitrogens with zero attached hydrogens (tertiary/aromatic N) is 3. The van der Waals surface area contributed by atoms with Crippen LogP contribution in [0.2, 0.25) is 0 Å². The first-order valence-corrected chi connectivity index (χ1v) is 7.30. The number of benzene rings is 1. The molecule has 2 aromatic rings. The molecule has 1 atom stereocenters. The van der Waals surface area contributed by atoms with Crippen LogP contribution in [-0.2, 0) is 13.0 Å². The molecule has 2 N–H and O–H groups in total. The van der Waals surface area contributed by atoms with E-state index in [1.165, 1.54) is 11.1 Å². The summed E-state index contributed by atoms with van der Waals surface area (Å²) in [5, 5.41) is 0. The number of hydrogen-bond donors (Lipinski definition) is 1. The maximum Gasteiger partial charge on any atom is 0.234 e. The van der Waals surface area contributed by atoms with Gasteiger partial charge in [-0.05, 0) is 24.5 Å². The molecule has 0 radical (unpaired) electrons. The number of ether oxygens (including phenoxy) is 1. The minimum absolute atomic E-state index is 0.242. The second-order valence-electron chi connectivity index (χ2n) is 5.14. The molecule has 1 unspecified atom stereocenters. The topological polar surface area (TPSA) is 64.3 Å². The molecule has 21 heavy (non-hydrogen) atoms. The van der Waals surface area contributed by atoms with Crippen molar-refractivity contribution in [2.45, 2.75) is 25.9 Å². The fourth-order valence-corrected chi connectivity index (χ4v) is 2.76. The predicted molar refractivity (Wildman–Crippen MR) is 82.4 cm³/mol. The van der Waals surface area contributed by atoms with E-state index in [-0.39, 0.29) is 6.04 Å². The van der Waals surface area contributed by atoms with Gasteiger partial charge >= 0.3 is 0 Å². The summed E-state index contributed by atoms with van der Waals surface area (Å²) in [7, 11) is 0. The summed E-state index contributed by atoms with van der Waals surface area (Å²) >= 11 is 0. The predicted octanol–water partition coefficient (Wildman–Crippen LogP) is 1.77. The molecular weight excluding hydrogens is 264 g/mol. The number of rotatable bonds is 4. The van der Waals surface area contributed by atoms with Gasteiger partial charge in [0.25, 0.3) is 0 Å². The van der Waals surface area contributed by atoms with Crippen LogP contribution >= 0.6 is 0 Å². The number of aromatic nitrogens is 2. The molecule has 1 aliphatic rings. The molecule has 0 spiro atoms. The van der Waals surface area contributed by atoms with Crippen molar-refractivity contribution in [1.82, 2.24) is 9.97 Å². The first-order chi connectivity index (χ1) is 10.3. The highest BCUT2D eigenvalue weighted by Crippen LogP contribution is 2.27.